The Morgan fingerprint density at radius 1 is 1.14 bits per heavy atom. The Bertz CT molecular complexity index is 275. The molecule has 1 rings (SSSR count). The fourth-order valence-electron chi connectivity index (χ4n) is 1.44. The molecule has 0 saturated heterocycles. The van der Waals surface area contributed by atoms with Gasteiger partial charge in [-0.25, -0.2) is 0 Å². The molecular weight excluding hydrogens is 176 g/mol. The minimum atomic E-state index is -0.221. The van der Waals surface area contributed by atoms with Gasteiger partial charge in [0.2, 0.25) is 0 Å². The molecule has 0 amide bonds. The van der Waals surface area contributed by atoms with Crippen LogP contribution in [0.4, 0.5) is 0 Å². The fraction of sp³-hybridized carbons (Fsp3) is 0.500. The molecule has 0 N–H and O–H groups in total. The van der Waals surface area contributed by atoms with Crippen LogP contribution in [0, 0.1) is 0 Å². The van der Waals surface area contributed by atoms with E-state index in [2.05, 4.69) is 13.8 Å². The molecule has 0 aromatic heterocycles. The molecule has 78 valence electrons. The highest BCUT2D eigenvalue weighted by molar-refractivity contribution is 5.30. The molecular formula is C12H18O2. The zero-order valence-corrected chi connectivity index (χ0v) is 9.33. The van der Waals surface area contributed by atoms with Crippen molar-refractivity contribution in [3.8, 4) is 5.75 Å². The Morgan fingerprint density at radius 3 is 2.14 bits per heavy atom. The van der Waals surface area contributed by atoms with E-state index < -0.39 is 0 Å². The summed E-state index contributed by atoms with van der Waals surface area (Å²) in [5.41, 5.74) is 0.946. The van der Waals surface area contributed by atoms with Gasteiger partial charge in [-0.05, 0) is 38.5 Å². The number of hydrogen-bond donors (Lipinski definition) is 0. The summed E-state index contributed by atoms with van der Waals surface area (Å²) >= 11 is 0. The van der Waals surface area contributed by atoms with Gasteiger partial charge in [0.1, 0.15) is 5.75 Å². The quantitative estimate of drug-likeness (QED) is 0.733. The lowest BCUT2D eigenvalue weighted by molar-refractivity contribution is -0.0140. The second kappa shape index (κ2) is 4.47. The molecule has 0 unspecified atom stereocenters. The Morgan fingerprint density at radius 2 is 1.71 bits per heavy atom. The van der Waals surface area contributed by atoms with Gasteiger partial charge in [-0.1, -0.05) is 12.1 Å². The average Bonchev–Trinajstić information content (AvgIpc) is 2.18. The molecule has 0 fully saturated rings. The Labute approximate surface area is 85.8 Å². The van der Waals surface area contributed by atoms with E-state index in [4.69, 9.17) is 9.47 Å². The van der Waals surface area contributed by atoms with Crippen molar-refractivity contribution in [2.75, 3.05) is 13.7 Å². The number of hydrogen-bond acceptors (Lipinski definition) is 2. The van der Waals surface area contributed by atoms with Gasteiger partial charge in [-0.15, -0.1) is 0 Å². The molecule has 0 bridgehead atoms. The molecule has 0 aliphatic heterocycles. The lowest BCUT2D eigenvalue weighted by atomic mass is 9.98. The minimum absolute atomic E-state index is 0.221. The summed E-state index contributed by atoms with van der Waals surface area (Å²) in [6.07, 6.45) is 0. The molecule has 0 aliphatic carbocycles. The van der Waals surface area contributed by atoms with E-state index in [0.717, 1.165) is 12.4 Å². The summed E-state index contributed by atoms with van der Waals surface area (Å²) < 4.78 is 10.7. The highest BCUT2D eigenvalue weighted by atomic mass is 16.5. The van der Waals surface area contributed by atoms with Crippen molar-refractivity contribution in [3.63, 3.8) is 0 Å². The van der Waals surface area contributed by atoms with E-state index in [0.29, 0.717) is 0 Å². The van der Waals surface area contributed by atoms with Crippen LogP contribution in [0.2, 0.25) is 0 Å². The van der Waals surface area contributed by atoms with E-state index in [9.17, 15) is 0 Å². The average molecular weight is 194 g/mol. The molecule has 2 heteroatoms. The van der Waals surface area contributed by atoms with Gasteiger partial charge in [0.15, 0.2) is 0 Å². The third-order valence-corrected chi connectivity index (χ3v) is 2.29. The molecule has 0 aliphatic rings. The van der Waals surface area contributed by atoms with Gasteiger partial charge in [-0.2, -0.15) is 0 Å². The van der Waals surface area contributed by atoms with E-state index >= 15 is 0 Å². The van der Waals surface area contributed by atoms with Gasteiger partial charge >= 0.3 is 0 Å². The van der Waals surface area contributed by atoms with E-state index in [1.807, 2.05) is 31.2 Å². The maximum absolute atomic E-state index is 5.65. The lowest BCUT2D eigenvalue weighted by Crippen LogP contribution is -2.21. The molecule has 2 nitrogen and oxygen atoms in total. The van der Waals surface area contributed by atoms with Crippen molar-refractivity contribution in [1.82, 2.24) is 0 Å². The maximum Gasteiger partial charge on any atom is 0.118 e. The first kappa shape index (κ1) is 11.1. The number of ether oxygens (including phenoxy) is 2. The number of methoxy groups -OCH3 is 1. The smallest absolute Gasteiger partial charge is 0.118 e. The summed E-state index contributed by atoms with van der Waals surface area (Å²) in [7, 11) is 1.67. The topological polar surface area (TPSA) is 18.5 Å². The predicted molar refractivity (Wildman–Crippen MR) is 57.6 cm³/mol. The van der Waals surface area contributed by atoms with Gasteiger partial charge in [-0.3, -0.25) is 0 Å². The number of benzene rings is 1. The molecule has 1 aromatic rings. The summed E-state index contributed by atoms with van der Waals surface area (Å²) in [6, 6.07) is 7.98. The molecule has 0 spiro atoms. The SMILES string of the molecule is CCOC(C)(C)c1ccc(OC)cc1. The Balaban J connectivity index is 2.85. The zero-order valence-electron chi connectivity index (χ0n) is 9.33. The minimum Gasteiger partial charge on any atom is -0.497 e. The third-order valence-electron chi connectivity index (χ3n) is 2.29. The van der Waals surface area contributed by atoms with Crippen molar-refractivity contribution >= 4 is 0 Å². The Hall–Kier alpha value is -1.02. The zero-order chi connectivity index (χ0) is 10.6. The molecule has 1 aromatic carbocycles. The molecule has 0 saturated carbocycles. The van der Waals surface area contributed by atoms with E-state index in [-0.39, 0.29) is 5.60 Å². The highest BCUT2D eigenvalue weighted by Gasteiger charge is 2.19. The van der Waals surface area contributed by atoms with Crippen molar-refractivity contribution in [2.24, 2.45) is 0 Å². The summed E-state index contributed by atoms with van der Waals surface area (Å²) in [5.74, 6) is 0.876. The first-order valence-corrected chi connectivity index (χ1v) is 4.88. The highest BCUT2D eigenvalue weighted by Crippen LogP contribution is 2.26. The molecule has 14 heavy (non-hydrogen) atoms. The molecule has 0 heterocycles. The van der Waals surface area contributed by atoms with Crippen LogP contribution in [-0.2, 0) is 10.3 Å². The van der Waals surface area contributed by atoms with Crippen LogP contribution in [-0.4, -0.2) is 13.7 Å². The van der Waals surface area contributed by atoms with Crippen LogP contribution in [0.1, 0.15) is 26.3 Å². The predicted octanol–water partition coefficient (Wildman–Crippen LogP) is 2.97. The van der Waals surface area contributed by atoms with Crippen LogP contribution in [0.15, 0.2) is 24.3 Å². The fourth-order valence-corrected chi connectivity index (χ4v) is 1.44. The first-order valence-electron chi connectivity index (χ1n) is 4.88. The maximum atomic E-state index is 5.65. The van der Waals surface area contributed by atoms with E-state index in [1.54, 1.807) is 7.11 Å². The van der Waals surface area contributed by atoms with Gasteiger partial charge < -0.3 is 9.47 Å². The second-order valence-electron chi connectivity index (χ2n) is 3.67. The lowest BCUT2D eigenvalue weighted by Gasteiger charge is -2.25. The number of rotatable bonds is 4. The summed E-state index contributed by atoms with van der Waals surface area (Å²) in [6.45, 7) is 6.86. The molecule has 0 atom stereocenters. The van der Waals surface area contributed by atoms with Crippen LogP contribution in [0.5, 0.6) is 5.75 Å². The van der Waals surface area contributed by atoms with E-state index in [1.165, 1.54) is 5.56 Å². The van der Waals surface area contributed by atoms with Crippen LogP contribution < -0.4 is 4.74 Å². The van der Waals surface area contributed by atoms with Gasteiger partial charge in [0, 0.05) is 6.61 Å². The largest absolute Gasteiger partial charge is 0.497 e. The van der Waals surface area contributed by atoms with Crippen LogP contribution in [0.3, 0.4) is 0 Å². The van der Waals surface area contributed by atoms with Crippen LogP contribution in [0.25, 0.3) is 0 Å². The summed E-state index contributed by atoms with van der Waals surface area (Å²) in [5, 5.41) is 0. The second-order valence-corrected chi connectivity index (χ2v) is 3.67. The van der Waals surface area contributed by atoms with Crippen molar-refractivity contribution in [1.29, 1.82) is 0 Å². The molecule has 0 radical (unpaired) electrons. The normalized spacial score (nSPS) is 11.4. The third kappa shape index (κ3) is 2.48. The Kier molecular flexibility index (Phi) is 3.53. The summed E-state index contributed by atoms with van der Waals surface area (Å²) in [4.78, 5) is 0. The monoisotopic (exact) mass is 194 g/mol. The van der Waals surface area contributed by atoms with Crippen LogP contribution >= 0.6 is 0 Å². The van der Waals surface area contributed by atoms with Crippen molar-refractivity contribution in [2.45, 2.75) is 26.4 Å². The standard InChI is InChI=1S/C12H18O2/c1-5-14-12(2,3)10-6-8-11(13-4)9-7-10/h6-9H,5H2,1-4H3. The van der Waals surface area contributed by atoms with Crippen molar-refractivity contribution < 1.29 is 9.47 Å². The first-order chi connectivity index (χ1) is 6.60. The van der Waals surface area contributed by atoms with Gasteiger partial charge in [0.05, 0.1) is 12.7 Å². The van der Waals surface area contributed by atoms with Gasteiger partial charge in [0.25, 0.3) is 0 Å². The van der Waals surface area contributed by atoms with Crippen molar-refractivity contribution in [3.05, 3.63) is 29.8 Å².